The van der Waals surface area contributed by atoms with Crippen molar-refractivity contribution in [3.63, 3.8) is 0 Å². The van der Waals surface area contributed by atoms with Gasteiger partial charge in [-0.05, 0) is 24.1 Å². The first-order valence-electron chi connectivity index (χ1n) is 5.54. The third kappa shape index (κ3) is 5.15. The molecule has 2 nitrogen and oxygen atoms in total. The number of hydrogen-bond donors (Lipinski definition) is 1. The third-order valence-electron chi connectivity index (χ3n) is 2.70. The lowest BCUT2D eigenvalue weighted by Crippen LogP contribution is -2.30. The molecule has 17 heavy (non-hydrogen) atoms. The second kappa shape index (κ2) is 6.47. The summed E-state index contributed by atoms with van der Waals surface area (Å²) in [5, 5.41) is 0. The Bertz CT molecular complexity index is 393. The summed E-state index contributed by atoms with van der Waals surface area (Å²) in [4.78, 5) is 0.545. The van der Waals surface area contributed by atoms with Gasteiger partial charge in [-0.25, -0.2) is 0 Å². The number of hydrogen-bond acceptors (Lipinski definition) is 2. The van der Waals surface area contributed by atoms with Crippen molar-refractivity contribution in [1.82, 2.24) is 0 Å². The first-order chi connectivity index (χ1) is 7.92. The fraction of sp³-hybridized carbons (Fsp3) is 0.462. The summed E-state index contributed by atoms with van der Waals surface area (Å²) in [6.45, 7) is 5.36. The SMILES string of the molecule is CC(C)(CCOCc1cccc(Br)c1)C(N)=S. The van der Waals surface area contributed by atoms with Gasteiger partial charge in [0.2, 0.25) is 0 Å². The van der Waals surface area contributed by atoms with E-state index < -0.39 is 0 Å². The third-order valence-corrected chi connectivity index (χ3v) is 3.74. The lowest BCUT2D eigenvalue weighted by molar-refractivity contribution is 0.104. The van der Waals surface area contributed by atoms with E-state index in [4.69, 9.17) is 22.7 Å². The van der Waals surface area contributed by atoms with Crippen molar-refractivity contribution in [3.8, 4) is 0 Å². The van der Waals surface area contributed by atoms with Crippen LogP contribution in [0.1, 0.15) is 25.8 Å². The number of nitrogens with two attached hydrogens (primary N) is 1. The predicted octanol–water partition coefficient (Wildman–Crippen LogP) is 3.67. The van der Waals surface area contributed by atoms with E-state index in [0.717, 1.165) is 16.5 Å². The summed E-state index contributed by atoms with van der Waals surface area (Å²) < 4.78 is 6.70. The molecule has 0 spiro atoms. The minimum Gasteiger partial charge on any atom is -0.393 e. The summed E-state index contributed by atoms with van der Waals surface area (Å²) >= 11 is 8.44. The van der Waals surface area contributed by atoms with Crippen molar-refractivity contribution in [3.05, 3.63) is 34.3 Å². The van der Waals surface area contributed by atoms with Gasteiger partial charge in [0.15, 0.2) is 0 Å². The van der Waals surface area contributed by atoms with Crippen LogP contribution < -0.4 is 5.73 Å². The van der Waals surface area contributed by atoms with Crippen molar-refractivity contribution in [2.75, 3.05) is 6.61 Å². The molecule has 0 saturated heterocycles. The zero-order chi connectivity index (χ0) is 12.9. The highest BCUT2D eigenvalue weighted by Crippen LogP contribution is 2.20. The molecule has 1 aromatic rings. The minimum atomic E-state index is -0.132. The molecule has 0 fully saturated rings. The first-order valence-corrected chi connectivity index (χ1v) is 6.74. The van der Waals surface area contributed by atoms with Crippen molar-refractivity contribution in [2.45, 2.75) is 26.9 Å². The number of halogens is 1. The molecule has 94 valence electrons. The number of benzene rings is 1. The zero-order valence-corrected chi connectivity index (χ0v) is 12.6. The Morgan fingerprint density at radius 2 is 2.18 bits per heavy atom. The Hall–Kier alpha value is -0.450. The molecule has 0 atom stereocenters. The van der Waals surface area contributed by atoms with Crippen LogP contribution in [0.4, 0.5) is 0 Å². The van der Waals surface area contributed by atoms with Crippen LogP contribution in [0.15, 0.2) is 28.7 Å². The van der Waals surface area contributed by atoms with Gasteiger partial charge in [0, 0.05) is 16.5 Å². The molecule has 0 bridgehead atoms. The van der Waals surface area contributed by atoms with Crippen LogP contribution in [0.25, 0.3) is 0 Å². The van der Waals surface area contributed by atoms with Gasteiger partial charge in [-0.15, -0.1) is 0 Å². The summed E-state index contributed by atoms with van der Waals surface area (Å²) in [5.74, 6) is 0. The van der Waals surface area contributed by atoms with Gasteiger partial charge in [0.25, 0.3) is 0 Å². The molecule has 1 aromatic carbocycles. The van der Waals surface area contributed by atoms with Crippen LogP contribution in [0.3, 0.4) is 0 Å². The molecule has 4 heteroatoms. The second-order valence-electron chi connectivity index (χ2n) is 4.68. The van der Waals surface area contributed by atoms with Crippen LogP contribution in [-0.2, 0) is 11.3 Å². The van der Waals surface area contributed by atoms with Crippen molar-refractivity contribution in [2.24, 2.45) is 11.1 Å². The van der Waals surface area contributed by atoms with Gasteiger partial charge >= 0.3 is 0 Å². The van der Waals surface area contributed by atoms with Crippen molar-refractivity contribution in [1.29, 1.82) is 0 Å². The molecule has 0 aromatic heterocycles. The molecular weight excluding hydrogens is 298 g/mol. The average Bonchev–Trinajstić information content (AvgIpc) is 2.24. The normalized spacial score (nSPS) is 11.5. The maximum absolute atomic E-state index is 5.65. The minimum absolute atomic E-state index is 0.132. The summed E-state index contributed by atoms with van der Waals surface area (Å²) in [7, 11) is 0. The Morgan fingerprint density at radius 3 is 2.76 bits per heavy atom. The molecule has 1 rings (SSSR count). The van der Waals surface area contributed by atoms with Crippen LogP contribution in [0.5, 0.6) is 0 Å². The molecule has 0 amide bonds. The topological polar surface area (TPSA) is 35.2 Å². The van der Waals surface area contributed by atoms with Crippen LogP contribution in [-0.4, -0.2) is 11.6 Å². The largest absolute Gasteiger partial charge is 0.393 e. The Balaban J connectivity index is 2.32. The van der Waals surface area contributed by atoms with Crippen LogP contribution in [0, 0.1) is 5.41 Å². The zero-order valence-electron chi connectivity index (χ0n) is 10.2. The van der Waals surface area contributed by atoms with Crippen molar-refractivity contribution >= 4 is 33.1 Å². The Labute approximate surface area is 117 Å². The van der Waals surface area contributed by atoms with Crippen LogP contribution in [0.2, 0.25) is 0 Å². The smallest absolute Gasteiger partial charge is 0.0785 e. The standard InChI is InChI=1S/C13H18BrNOS/c1-13(2,12(15)17)6-7-16-9-10-4-3-5-11(14)8-10/h3-5,8H,6-7,9H2,1-2H3,(H2,15,17). The summed E-state index contributed by atoms with van der Waals surface area (Å²) in [6, 6.07) is 8.10. The van der Waals surface area contributed by atoms with Gasteiger partial charge in [-0.3, -0.25) is 0 Å². The molecule has 0 saturated carbocycles. The molecule has 2 N–H and O–H groups in total. The Kier molecular flexibility index (Phi) is 5.56. The molecular formula is C13H18BrNOS. The number of ether oxygens (including phenoxy) is 1. The van der Waals surface area contributed by atoms with E-state index in [0.29, 0.717) is 18.2 Å². The molecule has 0 radical (unpaired) electrons. The van der Waals surface area contributed by atoms with E-state index in [-0.39, 0.29) is 5.41 Å². The van der Waals surface area contributed by atoms with E-state index in [1.54, 1.807) is 0 Å². The molecule has 0 aliphatic heterocycles. The molecule has 0 heterocycles. The van der Waals surface area contributed by atoms with E-state index in [1.807, 2.05) is 32.0 Å². The average molecular weight is 316 g/mol. The van der Waals surface area contributed by atoms with E-state index in [9.17, 15) is 0 Å². The van der Waals surface area contributed by atoms with Gasteiger partial charge in [-0.2, -0.15) is 0 Å². The van der Waals surface area contributed by atoms with Gasteiger partial charge in [0.1, 0.15) is 0 Å². The lowest BCUT2D eigenvalue weighted by atomic mass is 9.90. The molecule has 0 aliphatic rings. The maximum atomic E-state index is 5.65. The fourth-order valence-corrected chi connectivity index (χ4v) is 1.82. The molecule has 0 aliphatic carbocycles. The van der Waals surface area contributed by atoms with Crippen molar-refractivity contribution < 1.29 is 4.74 Å². The highest BCUT2D eigenvalue weighted by Gasteiger charge is 2.20. The van der Waals surface area contributed by atoms with Gasteiger partial charge in [-0.1, -0.05) is 54.1 Å². The summed E-state index contributed by atoms with van der Waals surface area (Å²) in [5.41, 5.74) is 6.68. The number of thiocarbonyl (C=S) groups is 1. The van der Waals surface area contributed by atoms with E-state index in [2.05, 4.69) is 22.0 Å². The summed E-state index contributed by atoms with van der Waals surface area (Å²) in [6.07, 6.45) is 0.844. The van der Waals surface area contributed by atoms with Gasteiger partial charge in [0.05, 0.1) is 11.6 Å². The highest BCUT2D eigenvalue weighted by atomic mass is 79.9. The predicted molar refractivity (Wildman–Crippen MR) is 79.0 cm³/mol. The fourth-order valence-electron chi connectivity index (χ4n) is 1.27. The maximum Gasteiger partial charge on any atom is 0.0785 e. The second-order valence-corrected chi connectivity index (χ2v) is 6.04. The highest BCUT2D eigenvalue weighted by molar-refractivity contribution is 9.10. The quantitative estimate of drug-likeness (QED) is 0.642. The monoisotopic (exact) mass is 315 g/mol. The lowest BCUT2D eigenvalue weighted by Gasteiger charge is -2.22. The Morgan fingerprint density at radius 1 is 1.47 bits per heavy atom. The van der Waals surface area contributed by atoms with E-state index in [1.165, 1.54) is 0 Å². The number of rotatable bonds is 6. The first kappa shape index (κ1) is 14.6. The van der Waals surface area contributed by atoms with Crippen LogP contribution >= 0.6 is 28.1 Å². The van der Waals surface area contributed by atoms with E-state index >= 15 is 0 Å². The van der Waals surface area contributed by atoms with Gasteiger partial charge < -0.3 is 10.5 Å². The molecule has 0 unspecified atom stereocenters.